The van der Waals surface area contributed by atoms with Crippen LogP contribution in [0.4, 0.5) is 5.69 Å². The van der Waals surface area contributed by atoms with E-state index in [4.69, 9.17) is 16.3 Å². The van der Waals surface area contributed by atoms with Crippen molar-refractivity contribution < 1.29 is 14.3 Å². The average molecular weight is 546 g/mol. The van der Waals surface area contributed by atoms with Crippen LogP contribution < -0.4 is 5.32 Å². The number of halogens is 1. The maximum atomic E-state index is 13.4. The van der Waals surface area contributed by atoms with Crippen LogP contribution in [0.5, 0.6) is 0 Å². The molecule has 0 saturated heterocycles. The summed E-state index contributed by atoms with van der Waals surface area (Å²) in [5.41, 5.74) is 4.82. The summed E-state index contributed by atoms with van der Waals surface area (Å²) in [4.78, 5) is 26.0. The Labute approximate surface area is 227 Å². The number of benzene rings is 1. The third kappa shape index (κ3) is 4.98. The van der Waals surface area contributed by atoms with Gasteiger partial charge in [-0.3, -0.25) is 14.3 Å². The number of rotatable bonds is 8. The normalized spacial score (nSPS) is 13.1. The van der Waals surface area contributed by atoms with Crippen molar-refractivity contribution in [3.8, 4) is 22.5 Å². The molecule has 0 atom stereocenters. The predicted octanol–water partition coefficient (Wildman–Crippen LogP) is 3.96. The molecule has 5 aromatic rings. The van der Waals surface area contributed by atoms with Gasteiger partial charge in [-0.15, -0.1) is 10.2 Å². The minimum Gasteiger partial charge on any atom is -0.464 e. The Kier molecular flexibility index (Phi) is 6.31. The Morgan fingerprint density at radius 1 is 1.13 bits per heavy atom. The number of hydrogen-bond donors (Lipinski definition) is 1. The fourth-order valence-electron chi connectivity index (χ4n) is 4.30. The van der Waals surface area contributed by atoms with Crippen LogP contribution in [0, 0.1) is 6.92 Å². The maximum absolute atomic E-state index is 13.4. The van der Waals surface area contributed by atoms with Gasteiger partial charge >= 0.3 is 5.97 Å². The van der Waals surface area contributed by atoms with Crippen molar-refractivity contribution in [2.45, 2.75) is 39.3 Å². The molecule has 0 spiro atoms. The van der Waals surface area contributed by atoms with Gasteiger partial charge in [0.25, 0.3) is 5.91 Å². The fourth-order valence-corrected chi connectivity index (χ4v) is 4.47. The minimum absolute atomic E-state index is 0.238. The second-order valence-electron chi connectivity index (χ2n) is 9.32. The summed E-state index contributed by atoms with van der Waals surface area (Å²) >= 11 is 6.42. The molecule has 1 fully saturated rings. The second kappa shape index (κ2) is 9.95. The number of hydrogen-bond acceptors (Lipinski definition) is 8. The standard InChI is InChI=1S/C26H24ClN9O3/c1-15-20(13-28-34(15)9-10-39-16(2)37)17-7-8-35-24(12-17)21(14-29-35)26(38)30-23-11-18(3-6-22(23)27)25-31-33-36(32-25)19-4-5-19/h3,6-8,11-14,19H,4-5,9-10H2,1-2H3,(H,30,38). The summed E-state index contributed by atoms with van der Waals surface area (Å²) in [6.45, 7) is 4.00. The monoisotopic (exact) mass is 545 g/mol. The molecule has 13 heteroatoms. The molecule has 6 rings (SSSR count). The number of amides is 1. The number of aromatic nitrogens is 8. The summed E-state index contributed by atoms with van der Waals surface area (Å²) < 4.78 is 8.44. The van der Waals surface area contributed by atoms with E-state index < -0.39 is 0 Å². The van der Waals surface area contributed by atoms with Gasteiger partial charge < -0.3 is 10.1 Å². The molecule has 198 valence electrons. The molecule has 1 saturated carbocycles. The summed E-state index contributed by atoms with van der Waals surface area (Å²) in [5, 5.41) is 24.8. The van der Waals surface area contributed by atoms with Crippen LogP contribution in [0.1, 0.15) is 41.9 Å². The van der Waals surface area contributed by atoms with E-state index in [9.17, 15) is 9.59 Å². The van der Waals surface area contributed by atoms with Crippen LogP contribution in [-0.2, 0) is 16.1 Å². The van der Waals surface area contributed by atoms with E-state index in [1.54, 1.807) is 44.6 Å². The van der Waals surface area contributed by atoms with Crippen molar-refractivity contribution in [3.05, 3.63) is 65.2 Å². The molecule has 0 bridgehead atoms. The van der Waals surface area contributed by atoms with Crippen LogP contribution >= 0.6 is 11.6 Å². The lowest BCUT2D eigenvalue weighted by molar-refractivity contribution is -0.141. The number of anilines is 1. The number of carbonyl (C=O) groups excluding carboxylic acids is 2. The van der Waals surface area contributed by atoms with Crippen LogP contribution in [0.3, 0.4) is 0 Å². The lowest BCUT2D eigenvalue weighted by Crippen LogP contribution is -2.12. The Morgan fingerprint density at radius 3 is 2.77 bits per heavy atom. The summed E-state index contributed by atoms with van der Waals surface area (Å²) in [6.07, 6.45) is 7.17. The first kappa shape index (κ1) is 24.7. The zero-order valence-electron chi connectivity index (χ0n) is 21.2. The quantitative estimate of drug-likeness (QED) is 0.289. The molecule has 4 aromatic heterocycles. The first-order valence-electron chi connectivity index (χ1n) is 12.4. The summed E-state index contributed by atoms with van der Waals surface area (Å²) in [6, 6.07) is 9.34. The zero-order valence-corrected chi connectivity index (χ0v) is 22.0. The van der Waals surface area contributed by atoms with Gasteiger partial charge in [0.15, 0.2) is 0 Å². The summed E-state index contributed by atoms with van der Waals surface area (Å²) in [7, 11) is 0. The highest BCUT2D eigenvalue weighted by Crippen LogP contribution is 2.34. The Bertz CT molecular complexity index is 1720. The lowest BCUT2D eigenvalue weighted by atomic mass is 10.1. The Balaban J connectivity index is 1.25. The van der Waals surface area contributed by atoms with Crippen molar-refractivity contribution in [2.24, 2.45) is 0 Å². The van der Waals surface area contributed by atoms with Gasteiger partial charge in [-0.05, 0) is 60.9 Å². The molecule has 12 nitrogen and oxygen atoms in total. The molecule has 4 heterocycles. The molecule has 1 aromatic carbocycles. The molecular formula is C26H24ClN9O3. The van der Waals surface area contributed by atoms with E-state index in [-0.39, 0.29) is 18.5 Å². The third-order valence-electron chi connectivity index (χ3n) is 6.56. The van der Waals surface area contributed by atoms with Crippen LogP contribution in [0.15, 0.2) is 48.9 Å². The van der Waals surface area contributed by atoms with Gasteiger partial charge in [0, 0.05) is 29.9 Å². The largest absolute Gasteiger partial charge is 0.464 e. The second-order valence-corrected chi connectivity index (χ2v) is 9.73. The first-order valence-corrected chi connectivity index (χ1v) is 12.8. The van der Waals surface area contributed by atoms with E-state index in [0.717, 1.165) is 29.7 Å². The van der Waals surface area contributed by atoms with Crippen LogP contribution in [0.2, 0.25) is 5.02 Å². The zero-order chi connectivity index (χ0) is 27.1. The van der Waals surface area contributed by atoms with E-state index >= 15 is 0 Å². The van der Waals surface area contributed by atoms with Gasteiger partial charge in [0.2, 0.25) is 5.82 Å². The van der Waals surface area contributed by atoms with E-state index in [1.165, 1.54) is 13.1 Å². The predicted molar refractivity (Wildman–Crippen MR) is 142 cm³/mol. The van der Waals surface area contributed by atoms with E-state index in [1.807, 2.05) is 19.1 Å². The lowest BCUT2D eigenvalue weighted by Gasteiger charge is -2.09. The minimum atomic E-state index is -0.357. The van der Waals surface area contributed by atoms with Crippen molar-refractivity contribution >= 4 is 34.7 Å². The molecule has 1 aliphatic rings. The Morgan fingerprint density at radius 2 is 1.97 bits per heavy atom. The number of fused-ring (bicyclic) bond motifs is 1. The number of carbonyl (C=O) groups is 2. The molecule has 39 heavy (non-hydrogen) atoms. The summed E-state index contributed by atoms with van der Waals surface area (Å²) in [5.74, 6) is -0.217. The molecule has 1 amide bonds. The molecule has 0 unspecified atom stereocenters. The van der Waals surface area contributed by atoms with Crippen molar-refractivity contribution in [1.29, 1.82) is 0 Å². The average Bonchev–Trinajstić information content (AvgIpc) is 3.32. The number of nitrogens with one attached hydrogen (secondary N) is 1. The number of nitrogens with zero attached hydrogens (tertiary/aromatic N) is 8. The van der Waals surface area contributed by atoms with Gasteiger partial charge in [-0.2, -0.15) is 15.0 Å². The third-order valence-corrected chi connectivity index (χ3v) is 6.89. The molecular weight excluding hydrogens is 522 g/mol. The van der Waals surface area contributed by atoms with Gasteiger partial charge in [0.05, 0.1) is 46.8 Å². The molecule has 1 aliphatic carbocycles. The highest BCUT2D eigenvalue weighted by atomic mass is 35.5. The number of ether oxygens (including phenoxy) is 1. The Hall–Kier alpha value is -4.58. The highest BCUT2D eigenvalue weighted by molar-refractivity contribution is 6.34. The molecule has 0 radical (unpaired) electrons. The maximum Gasteiger partial charge on any atom is 0.302 e. The van der Waals surface area contributed by atoms with Crippen LogP contribution in [0.25, 0.3) is 28.0 Å². The fraction of sp³-hybridized carbons (Fsp3) is 0.269. The van der Waals surface area contributed by atoms with Crippen LogP contribution in [-0.4, -0.2) is 58.1 Å². The molecule has 0 aliphatic heterocycles. The number of esters is 1. The van der Waals surface area contributed by atoms with Crippen molar-refractivity contribution in [2.75, 3.05) is 11.9 Å². The van der Waals surface area contributed by atoms with E-state index in [2.05, 4.69) is 30.9 Å². The van der Waals surface area contributed by atoms with Crippen molar-refractivity contribution in [3.63, 3.8) is 0 Å². The van der Waals surface area contributed by atoms with Gasteiger partial charge in [-0.1, -0.05) is 11.6 Å². The van der Waals surface area contributed by atoms with Gasteiger partial charge in [-0.25, -0.2) is 4.52 Å². The molecule has 1 N–H and O–H groups in total. The van der Waals surface area contributed by atoms with E-state index in [0.29, 0.717) is 45.8 Å². The first-order chi connectivity index (χ1) is 18.9. The SMILES string of the molecule is CC(=O)OCCn1ncc(-c2ccn3ncc(C(=O)Nc4cc(-c5nnn(C6CC6)n5)ccc4Cl)c3c2)c1C. The van der Waals surface area contributed by atoms with Gasteiger partial charge in [0.1, 0.15) is 6.61 Å². The topological polar surface area (TPSA) is 134 Å². The van der Waals surface area contributed by atoms with Crippen molar-refractivity contribution in [1.82, 2.24) is 39.6 Å². The number of tetrazole rings is 1. The number of pyridine rings is 1. The smallest absolute Gasteiger partial charge is 0.302 e. The highest BCUT2D eigenvalue weighted by Gasteiger charge is 2.26.